The largest absolute Gasteiger partial charge is 0.363 e. The van der Waals surface area contributed by atoms with Crippen LogP contribution in [0.15, 0.2) is 35.4 Å². The highest BCUT2D eigenvalue weighted by Gasteiger charge is 2.48. The van der Waals surface area contributed by atoms with E-state index in [0.29, 0.717) is 54.6 Å². The Morgan fingerprint density at radius 3 is 2.28 bits per heavy atom. The lowest BCUT2D eigenvalue weighted by molar-refractivity contribution is -0.107. The fourth-order valence-corrected chi connectivity index (χ4v) is 9.61. The molecule has 4 aliphatic rings. The maximum absolute atomic E-state index is 16.2. The molecule has 0 amide bonds. The number of aryl methyl sites for hydroxylation is 1. The van der Waals surface area contributed by atoms with Gasteiger partial charge in [0.1, 0.15) is 33.4 Å². The number of alkyl halides is 2. The lowest BCUT2D eigenvalue weighted by atomic mass is 9.79. The lowest BCUT2D eigenvalue weighted by Gasteiger charge is -2.45. The Morgan fingerprint density at radius 1 is 0.915 bits per heavy atom. The topological polar surface area (TPSA) is 97.2 Å². The predicted octanol–water partition coefficient (Wildman–Crippen LogP) is 6.94. The number of hydrogen-bond acceptors (Lipinski definition) is 7. The van der Waals surface area contributed by atoms with Crippen LogP contribution < -0.4 is 10.9 Å². The van der Waals surface area contributed by atoms with Gasteiger partial charge in [0.25, 0.3) is 11.5 Å². The first-order chi connectivity index (χ1) is 22.4. The minimum absolute atomic E-state index is 0.0265. The molecular formula is C35H46F3N5O3S. The molecule has 8 nitrogen and oxygen atoms in total. The first-order valence-electron chi connectivity index (χ1n) is 17.1. The SMILES string of the molecule is CC1CC2CC(C)N1CCCCCCCn1c(=O)c(C3CCS(=O)(=O)CC3)cc3c(ncnc31)N[C@H](C)c1cccc(c1F)C2(F)F. The average Bonchev–Trinajstić information content (AvgIpc) is 3.02. The van der Waals surface area contributed by atoms with Crippen molar-refractivity contribution in [3.8, 4) is 0 Å². The standard InChI is InChI=1S/C35H46F3N5O3S/c1-22-18-26-19-23(2)42(22)14-7-5-4-6-8-15-43-33-29(20-28(34(43)44)25-12-16-47(45,46)17-13-25)32(39-21-40-33)41-24(3)27-10-9-11-30(31(27)36)35(26,37)38/h9-11,20-26H,4-8,12-19H2,1-3H3,(H,39,40,41)/t22?,23?,24-,26?/m1/s1. The van der Waals surface area contributed by atoms with Crippen LogP contribution in [0.1, 0.15) is 107 Å². The Morgan fingerprint density at radius 2 is 1.57 bits per heavy atom. The van der Waals surface area contributed by atoms with E-state index in [1.54, 1.807) is 17.6 Å². The number of sulfone groups is 1. The van der Waals surface area contributed by atoms with Crippen LogP contribution in [-0.4, -0.2) is 58.0 Å². The van der Waals surface area contributed by atoms with E-state index >= 15 is 13.2 Å². The Hall–Kier alpha value is -2.99. The molecule has 1 N–H and O–H groups in total. The number of fused-ring (bicyclic) bond motifs is 9. The van der Waals surface area contributed by atoms with E-state index in [9.17, 15) is 13.2 Å². The molecule has 4 aliphatic heterocycles. The van der Waals surface area contributed by atoms with Gasteiger partial charge in [0.15, 0.2) is 0 Å². The number of pyridine rings is 1. The van der Waals surface area contributed by atoms with Gasteiger partial charge in [-0.05, 0) is 77.8 Å². The number of aromatic nitrogens is 3. The highest BCUT2D eigenvalue weighted by molar-refractivity contribution is 7.91. The third-order valence-corrected chi connectivity index (χ3v) is 12.5. The summed E-state index contributed by atoms with van der Waals surface area (Å²) in [6.45, 7) is 6.99. The third-order valence-electron chi connectivity index (χ3n) is 10.8. The fraction of sp³-hybridized carbons (Fsp3) is 0.629. The number of benzene rings is 1. The molecule has 7 rings (SSSR count). The summed E-state index contributed by atoms with van der Waals surface area (Å²) in [5.41, 5.74) is 0.306. The van der Waals surface area contributed by atoms with Crippen molar-refractivity contribution in [2.75, 3.05) is 23.4 Å². The van der Waals surface area contributed by atoms with Crippen LogP contribution in [0.3, 0.4) is 0 Å². The van der Waals surface area contributed by atoms with Gasteiger partial charge in [-0.15, -0.1) is 0 Å². The van der Waals surface area contributed by atoms with Crippen LogP contribution in [0.25, 0.3) is 11.0 Å². The van der Waals surface area contributed by atoms with Gasteiger partial charge < -0.3 is 5.32 Å². The Balaban J connectivity index is 1.42. The van der Waals surface area contributed by atoms with Crippen molar-refractivity contribution in [3.05, 3.63) is 63.5 Å². The van der Waals surface area contributed by atoms with Crippen LogP contribution in [0.2, 0.25) is 0 Å². The summed E-state index contributed by atoms with van der Waals surface area (Å²) in [6.07, 6.45) is 7.29. The molecule has 0 radical (unpaired) electrons. The zero-order valence-electron chi connectivity index (χ0n) is 27.5. The Kier molecular flexibility index (Phi) is 9.73. The van der Waals surface area contributed by atoms with Crippen LogP contribution in [0, 0.1) is 11.7 Å². The monoisotopic (exact) mass is 673 g/mol. The second kappa shape index (κ2) is 13.5. The van der Waals surface area contributed by atoms with Crippen molar-refractivity contribution >= 4 is 26.7 Å². The zero-order chi connectivity index (χ0) is 33.5. The normalized spacial score (nSPS) is 28.9. The number of halogens is 3. The van der Waals surface area contributed by atoms with E-state index in [4.69, 9.17) is 0 Å². The minimum atomic E-state index is -3.34. The van der Waals surface area contributed by atoms with Crippen molar-refractivity contribution in [1.82, 2.24) is 19.4 Å². The predicted molar refractivity (Wildman–Crippen MR) is 178 cm³/mol. The summed E-state index contributed by atoms with van der Waals surface area (Å²) in [5, 5.41) is 3.80. The number of hydrogen-bond donors (Lipinski definition) is 1. The third kappa shape index (κ3) is 6.82. The molecule has 0 aliphatic carbocycles. The van der Waals surface area contributed by atoms with Crippen molar-refractivity contribution in [2.45, 2.75) is 115 Å². The van der Waals surface area contributed by atoms with E-state index in [2.05, 4.69) is 20.2 Å². The van der Waals surface area contributed by atoms with Gasteiger partial charge in [0, 0.05) is 35.7 Å². The van der Waals surface area contributed by atoms with Crippen molar-refractivity contribution in [1.29, 1.82) is 0 Å². The minimum Gasteiger partial charge on any atom is -0.363 e. The molecule has 12 heteroatoms. The van der Waals surface area contributed by atoms with Crippen LogP contribution >= 0.6 is 0 Å². The number of nitrogens with zero attached hydrogens (tertiary/aromatic N) is 4. The quantitative estimate of drug-likeness (QED) is 0.299. The van der Waals surface area contributed by atoms with E-state index in [1.165, 1.54) is 24.5 Å². The smallest absolute Gasteiger partial charge is 0.278 e. The molecule has 256 valence electrons. The maximum Gasteiger partial charge on any atom is 0.278 e. The first kappa shape index (κ1) is 33.9. The van der Waals surface area contributed by atoms with Crippen LogP contribution in [-0.2, 0) is 22.3 Å². The Labute approximate surface area is 275 Å². The van der Waals surface area contributed by atoms with E-state index in [1.807, 2.05) is 13.8 Å². The Bertz CT molecular complexity index is 1760. The molecule has 2 aromatic heterocycles. The molecule has 3 atom stereocenters. The van der Waals surface area contributed by atoms with Crippen molar-refractivity contribution < 1.29 is 21.6 Å². The highest BCUT2D eigenvalue weighted by atomic mass is 32.2. The fourth-order valence-electron chi connectivity index (χ4n) is 8.12. The second-order valence-corrected chi connectivity index (χ2v) is 16.3. The zero-order valence-corrected chi connectivity index (χ0v) is 28.3. The number of rotatable bonds is 1. The molecule has 6 heterocycles. The first-order valence-corrected chi connectivity index (χ1v) is 19.0. The van der Waals surface area contributed by atoms with Gasteiger partial charge in [0.2, 0.25) is 0 Å². The van der Waals surface area contributed by atoms with Gasteiger partial charge in [-0.25, -0.2) is 31.6 Å². The maximum atomic E-state index is 16.2. The van der Waals surface area contributed by atoms with Gasteiger partial charge in [-0.1, -0.05) is 37.5 Å². The van der Waals surface area contributed by atoms with E-state index in [-0.39, 0.29) is 40.6 Å². The molecule has 3 aromatic rings. The summed E-state index contributed by atoms with van der Waals surface area (Å²) in [4.78, 5) is 25.2. The molecule has 2 unspecified atom stereocenters. The molecule has 8 bridgehead atoms. The number of anilines is 1. The van der Waals surface area contributed by atoms with E-state index in [0.717, 1.165) is 38.6 Å². The van der Waals surface area contributed by atoms with E-state index < -0.39 is 39.1 Å². The number of piperidine rings is 1. The van der Waals surface area contributed by atoms with Gasteiger partial charge in [-0.2, -0.15) is 0 Å². The lowest BCUT2D eigenvalue weighted by Crippen LogP contribution is -2.50. The van der Waals surface area contributed by atoms with Gasteiger partial charge >= 0.3 is 0 Å². The average molecular weight is 674 g/mol. The molecule has 2 fully saturated rings. The van der Waals surface area contributed by atoms with Crippen LogP contribution in [0.5, 0.6) is 0 Å². The molecule has 1 aromatic carbocycles. The molecule has 2 saturated heterocycles. The number of nitrogens with one attached hydrogen (secondary N) is 1. The molecule has 47 heavy (non-hydrogen) atoms. The summed E-state index contributed by atoms with van der Waals surface area (Å²) in [5.74, 6) is -5.05. The van der Waals surface area contributed by atoms with Gasteiger partial charge in [0.05, 0.1) is 28.5 Å². The summed E-state index contributed by atoms with van der Waals surface area (Å²) < 4.78 is 74.6. The van der Waals surface area contributed by atoms with Crippen molar-refractivity contribution in [2.24, 2.45) is 5.92 Å². The van der Waals surface area contributed by atoms with Gasteiger partial charge in [-0.3, -0.25) is 14.3 Å². The summed E-state index contributed by atoms with van der Waals surface area (Å²) in [6, 6.07) is 5.15. The second-order valence-electron chi connectivity index (χ2n) is 14.0. The molecule has 0 saturated carbocycles. The molecular weight excluding hydrogens is 627 g/mol. The summed E-state index contributed by atoms with van der Waals surface area (Å²) >= 11 is 0. The summed E-state index contributed by atoms with van der Waals surface area (Å²) in [7, 11) is -3.13. The highest BCUT2D eigenvalue weighted by Crippen LogP contribution is 2.46. The molecule has 0 spiro atoms. The van der Waals surface area contributed by atoms with Crippen LogP contribution in [0.4, 0.5) is 19.0 Å². The van der Waals surface area contributed by atoms with Crippen molar-refractivity contribution in [3.63, 3.8) is 0 Å².